The first-order valence-corrected chi connectivity index (χ1v) is 7.74. The number of amides is 1. The first-order chi connectivity index (χ1) is 13.5. The predicted octanol–water partition coefficient (Wildman–Crippen LogP) is 2.00. The van der Waals surface area contributed by atoms with Gasteiger partial charge in [0.05, 0.1) is 30.0 Å². The van der Waals surface area contributed by atoms with Crippen LogP contribution in [0.3, 0.4) is 0 Å². The van der Waals surface area contributed by atoms with Gasteiger partial charge in [-0.05, 0) is 12.1 Å². The van der Waals surface area contributed by atoms with Crippen LogP contribution in [0.25, 0.3) is 11.3 Å². The minimum atomic E-state index is -2.97. The van der Waals surface area contributed by atoms with Gasteiger partial charge in [0, 0.05) is 23.9 Å². The smallest absolute Gasteiger partial charge is 0.388 e. The summed E-state index contributed by atoms with van der Waals surface area (Å²) in [6.45, 7) is -2.97. The molecule has 28 heavy (non-hydrogen) atoms. The van der Waals surface area contributed by atoms with E-state index in [2.05, 4.69) is 35.2 Å². The molecule has 3 rings (SSSR count). The van der Waals surface area contributed by atoms with Crippen molar-refractivity contribution in [3.8, 4) is 23.0 Å². The Labute approximate surface area is 156 Å². The number of alkyl halides is 2. The fourth-order valence-corrected chi connectivity index (χ4v) is 2.03. The number of hydrazone groups is 1. The fourth-order valence-electron chi connectivity index (χ4n) is 2.03. The molecule has 0 aromatic carbocycles. The number of ether oxygens (including phenoxy) is 1. The van der Waals surface area contributed by atoms with Crippen molar-refractivity contribution in [2.75, 3.05) is 0 Å². The Balaban J connectivity index is 1.69. The van der Waals surface area contributed by atoms with Crippen LogP contribution in [-0.2, 0) is 0 Å². The SMILES string of the molecule is O=C(N/N=C/c1cccc(O)n1)c1cncc(-c2ccc(OC(F)F)nc2)n1. The van der Waals surface area contributed by atoms with E-state index in [1.54, 1.807) is 12.1 Å². The maximum Gasteiger partial charge on any atom is 0.388 e. The number of halogens is 2. The van der Waals surface area contributed by atoms with Gasteiger partial charge in [-0.3, -0.25) is 9.78 Å². The van der Waals surface area contributed by atoms with Crippen molar-refractivity contribution in [3.05, 3.63) is 60.3 Å². The Kier molecular flexibility index (Phi) is 5.75. The summed E-state index contributed by atoms with van der Waals surface area (Å²) in [5.74, 6) is -1.04. The van der Waals surface area contributed by atoms with Crippen LogP contribution in [0.1, 0.15) is 16.2 Å². The van der Waals surface area contributed by atoms with Crippen LogP contribution in [0.2, 0.25) is 0 Å². The summed E-state index contributed by atoms with van der Waals surface area (Å²) in [6, 6.07) is 7.28. The zero-order valence-electron chi connectivity index (χ0n) is 14.0. The van der Waals surface area contributed by atoms with Gasteiger partial charge in [0.15, 0.2) is 0 Å². The third-order valence-electron chi connectivity index (χ3n) is 3.23. The summed E-state index contributed by atoms with van der Waals surface area (Å²) in [4.78, 5) is 27.7. The monoisotopic (exact) mass is 386 g/mol. The summed E-state index contributed by atoms with van der Waals surface area (Å²) < 4.78 is 28.5. The zero-order valence-corrected chi connectivity index (χ0v) is 14.0. The molecular formula is C17H12F2N6O3. The van der Waals surface area contributed by atoms with Gasteiger partial charge < -0.3 is 9.84 Å². The van der Waals surface area contributed by atoms with E-state index in [-0.39, 0.29) is 17.5 Å². The predicted molar refractivity (Wildman–Crippen MR) is 92.9 cm³/mol. The van der Waals surface area contributed by atoms with Crippen molar-refractivity contribution in [1.29, 1.82) is 0 Å². The lowest BCUT2D eigenvalue weighted by atomic mass is 10.2. The molecule has 1 amide bonds. The highest BCUT2D eigenvalue weighted by molar-refractivity contribution is 5.93. The van der Waals surface area contributed by atoms with Crippen molar-refractivity contribution >= 4 is 12.1 Å². The standard InChI is InChI=1S/C17H12F2N6O3/c18-17(19)28-15-5-4-10(6-21-15)12-8-20-9-13(24-12)16(27)25-22-7-11-2-1-3-14(26)23-11/h1-9,17H,(H,23,26)(H,25,27)/b22-7+. The number of carbonyl (C=O) groups is 1. The zero-order chi connectivity index (χ0) is 19.9. The van der Waals surface area contributed by atoms with Gasteiger partial charge in [0.2, 0.25) is 11.8 Å². The molecule has 0 saturated heterocycles. The van der Waals surface area contributed by atoms with Crippen molar-refractivity contribution in [2.45, 2.75) is 6.61 Å². The number of rotatable bonds is 6. The molecule has 3 aromatic heterocycles. The van der Waals surface area contributed by atoms with E-state index in [1.807, 2.05) is 0 Å². The number of aromatic nitrogens is 4. The molecule has 11 heteroatoms. The molecule has 2 N–H and O–H groups in total. The molecule has 142 valence electrons. The van der Waals surface area contributed by atoms with Gasteiger partial charge in [-0.1, -0.05) is 6.07 Å². The third-order valence-corrected chi connectivity index (χ3v) is 3.23. The molecular weight excluding hydrogens is 374 g/mol. The number of pyridine rings is 2. The number of hydrogen-bond donors (Lipinski definition) is 2. The van der Waals surface area contributed by atoms with Crippen LogP contribution >= 0.6 is 0 Å². The second-order valence-corrected chi connectivity index (χ2v) is 5.17. The molecule has 3 aromatic rings. The van der Waals surface area contributed by atoms with E-state index < -0.39 is 12.5 Å². The molecule has 0 bridgehead atoms. The lowest BCUT2D eigenvalue weighted by molar-refractivity contribution is -0.0528. The van der Waals surface area contributed by atoms with Gasteiger partial charge >= 0.3 is 6.61 Å². The largest absolute Gasteiger partial charge is 0.493 e. The summed E-state index contributed by atoms with van der Waals surface area (Å²) in [5, 5.41) is 13.0. The highest BCUT2D eigenvalue weighted by Crippen LogP contribution is 2.18. The molecule has 0 radical (unpaired) electrons. The molecule has 9 nitrogen and oxygen atoms in total. The molecule has 0 saturated carbocycles. The molecule has 0 spiro atoms. The molecule has 0 atom stereocenters. The first kappa shape index (κ1) is 18.8. The van der Waals surface area contributed by atoms with Gasteiger partial charge in [-0.15, -0.1) is 0 Å². The van der Waals surface area contributed by atoms with Crippen LogP contribution in [0.4, 0.5) is 8.78 Å². The maximum absolute atomic E-state index is 12.2. The van der Waals surface area contributed by atoms with E-state index in [0.29, 0.717) is 17.0 Å². The highest BCUT2D eigenvalue weighted by Gasteiger charge is 2.11. The topological polar surface area (TPSA) is 122 Å². The Morgan fingerprint density at radius 1 is 1.18 bits per heavy atom. The number of aromatic hydroxyl groups is 1. The van der Waals surface area contributed by atoms with Crippen LogP contribution in [0.5, 0.6) is 11.8 Å². The Morgan fingerprint density at radius 3 is 2.75 bits per heavy atom. The Bertz CT molecular complexity index is 998. The van der Waals surface area contributed by atoms with Crippen molar-refractivity contribution in [3.63, 3.8) is 0 Å². The van der Waals surface area contributed by atoms with Gasteiger partial charge in [0.25, 0.3) is 5.91 Å². The molecule has 0 aliphatic rings. The number of nitrogens with one attached hydrogen (secondary N) is 1. The third kappa shape index (κ3) is 5.00. The summed E-state index contributed by atoms with van der Waals surface area (Å²) in [7, 11) is 0. The molecule has 0 aliphatic heterocycles. The van der Waals surface area contributed by atoms with E-state index >= 15 is 0 Å². The number of hydrogen-bond acceptors (Lipinski definition) is 8. The Hall–Kier alpha value is -4.02. The summed E-state index contributed by atoms with van der Waals surface area (Å²) in [6.07, 6.45) is 5.15. The maximum atomic E-state index is 12.2. The van der Waals surface area contributed by atoms with Gasteiger partial charge in [-0.2, -0.15) is 13.9 Å². The minimum absolute atomic E-state index is 0.0218. The lowest BCUT2D eigenvalue weighted by Gasteiger charge is -2.05. The minimum Gasteiger partial charge on any atom is -0.493 e. The Morgan fingerprint density at radius 2 is 2.04 bits per heavy atom. The van der Waals surface area contributed by atoms with Gasteiger partial charge in [-0.25, -0.2) is 20.4 Å². The summed E-state index contributed by atoms with van der Waals surface area (Å²) in [5.41, 5.74) is 3.35. The molecule has 3 heterocycles. The van der Waals surface area contributed by atoms with E-state index in [9.17, 15) is 18.7 Å². The molecule has 0 fully saturated rings. The molecule has 0 aliphatic carbocycles. The fraction of sp³-hybridized carbons (Fsp3) is 0.0588. The normalized spacial score (nSPS) is 11.0. The second-order valence-electron chi connectivity index (χ2n) is 5.17. The van der Waals surface area contributed by atoms with Gasteiger partial charge in [0.1, 0.15) is 5.69 Å². The van der Waals surface area contributed by atoms with Crippen LogP contribution in [-0.4, -0.2) is 43.8 Å². The highest BCUT2D eigenvalue weighted by atomic mass is 19.3. The van der Waals surface area contributed by atoms with E-state index in [4.69, 9.17) is 0 Å². The average Bonchev–Trinajstić information content (AvgIpc) is 2.68. The van der Waals surface area contributed by atoms with Crippen molar-refractivity contribution < 1.29 is 23.4 Å². The first-order valence-electron chi connectivity index (χ1n) is 7.74. The number of nitrogens with zero attached hydrogens (tertiary/aromatic N) is 5. The quantitative estimate of drug-likeness (QED) is 0.491. The van der Waals surface area contributed by atoms with Crippen molar-refractivity contribution in [2.24, 2.45) is 5.10 Å². The van der Waals surface area contributed by atoms with Crippen LogP contribution in [0.15, 0.2) is 54.0 Å². The number of carbonyl (C=O) groups excluding carboxylic acids is 1. The second kappa shape index (κ2) is 8.58. The lowest BCUT2D eigenvalue weighted by Crippen LogP contribution is -2.19. The van der Waals surface area contributed by atoms with E-state index in [0.717, 1.165) is 0 Å². The van der Waals surface area contributed by atoms with Crippen molar-refractivity contribution in [1.82, 2.24) is 25.4 Å². The van der Waals surface area contributed by atoms with E-state index in [1.165, 1.54) is 43.0 Å². The van der Waals surface area contributed by atoms with Crippen LogP contribution in [0, 0.1) is 0 Å². The molecule has 0 unspecified atom stereocenters. The summed E-state index contributed by atoms with van der Waals surface area (Å²) >= 11 is 0. The average molecular weight is 386 g/mol. The van der Waals surface area contributed by atoms with Crippen LogP contribution < -0.4 is 10.2 Å².